The van der Waals surface area contributed by atoms with E-state index in [9.17, 15) is 0 Å². The van der Waals surface area contributed by atoms with Crippen molar-refractivity contribution >= 4 is 0 Å². The second kappa shape index (κ2) is 6.59. The van der Waals surface area contributed by atoms with E-state index in [1.165, 1.54) is 24.8 Å². The molecule has 0 bridgehead atoms. The summed E-state index contributed by atoms with van der Waals surface area (Å²) in [6.45, 7) is 7.72. The standard InChI is InChI=1S/C17H28N2O/c1-17(2)9-4-11-19(12-10-17)16(13-18)14-5-7-15(20-3)8-6-14/h5-8,16H,4,9-13,18H2,1-3H3. The predicted molar refractivity (Wildman–Crippen MR) is 84.0 cm³/mol. The molecule has 1 aliphatic rings. The van der Waals surface area contributed by atoms with E-state index in [2.05, 4.69) is 30.9 Å². The summed E-state index contributed by atoms with van der Waals surface area (Å²) in [5.74, 6) is 0.904. The minimum atomic E-state index is 0.329. The third-order valence-electron chi connectivity index (χ3n) is 4.54. The van der Waals surface area contributed by atoms with Crippen LogP contribution >= 0.6 is 0 Å². The van der Waals surface area contributed by atoms with Gasteiger partial charge in [-0.05, 0) is 55.5 Å². The molecule has 20 heavy (non-hydrogen) atoms. The van der Waals surface area contributed by atoms with E-state index in [0.717, 1.165) is 18.8 Å². The molecule has 112 valence electrons. The van der Waals surface area contributed by atoms with E-state index in [0.29, 0.717) is 18.0 Å². The number of likely N-dealkylation sites (tertiary alicyclic amines) is 1. The number of nitrogens with two attached hydrogens (primary N) is 1. The van der Waals surface area contributed by atoms with Gasteiger partial charge < -0.3 is 10.5 Å². The van der Waals surface area contributed by atoms with Crippen molar-refractivity contribution in [3.63, 3.8) is 0 Å². The predicted octanol–water partition coefficient (Wildman–Crippen LogP) is 3.21. The van der Waals surface area contributed by atoms with Gasteiger partial charge in [0.1, 0.15) is 5.75 Å². The summed E-state index contributed by atoms with van der Waals surface area (Å²) in [4.78, 5) is 2.55. The van der Waals surface area contributed by atoms with Crippen molar-refractivity contribution < 1.29 is 4.74 Å². The fourth-order valence-corrected chi connectivity index (χ4v) is 3.08. The molecule has 2 N–H and O–H groups in total. The lowest BCUT2D eigenvalue weighted by Gasteiger charge is -2.30. The lowest BCUT2D eigenvalue weighted by molar-refractivity contribution is 0.200. The van der Waals surface area contributed by atoms with Crippen molar-refractivity contribution in [2.24, 2.45) is 11.1 Å². The molecular formula is C17H28N2O. The molecular weight excluding hydrogens is 248 g/mol. The molecule has 0 saturated carbocycles. The number of benzene rings is 1. The summed E-state index contributed by atoms with van der Waals surface area (Å²) in [5, 5.41) is 0. The Morgan fingerprint density at radius 2 is 1.90 bits per heavy atom. The van der Waals surface area contributed by atoms with Gasteiger partial charge in [0.2, 0.25) is 0 Å². The Labute approximate surface area is 123 Å². The number of rotatable bonds is 4. The number of hydrogen-bond donors (Lipinski definition) is 1. The van der Waals surface area contributed by atoms with Gasteiger partial charge in [-0.2, -0.15) is 0 Å². The quantitative estimate of drug-likeness (QED) is 0.917. The average molecular weight is 276 g/mol. The molecule has 1 saturated heterocycles. The van der Waals surface area contributed by atoms with Crippen LogP contribution in [-0.2, 0) is 0 Å². The van der Waals surface area contributed by atoms with Gasteiger partial charge in [0.05, 0.1) is 7.11 Å². The highest BCUT2D eigenvalue weighted by atomic mass is 16.5. The Balaban J connectivity index is 2.10. The molecule has 1 unspecified atom stereocenters. The smallest absolute Gasteiger partial charge is 0.118 e. The lowest BCUT2D eigenvalue weighted by atomic mass is 9.85. The first-order chi connectivity index (χ1) is 9.55. The van der Waals surface area contributed by atoms with Crippen LogP contribution in [0.4, 0.5) is 0 Å². The van der Waals surface area contributed by atoms with E-state index in [-0.39, 0.29) is 0 Å². The van der Waals surface area contributed by atoms with E-state index in [1.54, 1.807) is 7.11 Å². The van der Waals surface area contributed by atoms with Crippen molar-refractivity contribution in [3.8, 4) is 5.75 Å². The largest absolute Gasteiger partial charge is 0.497 e. The van der Waals surface area contributed by atoms with E-state index in [4.69, 9.17) is 10.5 Å². The highest BCUT2D eigenvalue weighted by molar-refractivity contribution is 5.29. The van der Waals surface area contributed by atoms with E-state index >= 15 is 0 Å². The zero-order valence-electron chi connectivity index (χ0n) is 13.1. The highest BCUT2D eigenvalue weighted by Gasteiger charge is 2.27. The van der Waals surface area contributed by atoms with Crippen molar-refractivity contribution in [1.29, 1.82) is 0 Å². The third-order valence-corrected chi connectivity index (χ3v) is 4.54. The van der Waals surface area contributed by atoms with Gasteiger partial charge in [0, 0.05) is 12.6 Å². The Hall–Kier alpha value is -1.06. The summed E-state index contributed by atoms with van der Waals surface area (Å²) < 4.78 is 5.23. The zero-order valence-corrected chi connectivity index (χ0v) is 13.1. The molecule has 0 radical (unpaired) electrons. The maximum atomic E-state index is 6.05. The van der Waals surface area contributed by atoms with E-state index < -0.39 is 0 Å². The van der Waals surface area contributed by atoms with Crippen molar-refractivity contribution in [2.75, 3.05) is 26.7 Å². The van der Waals surface area contributed by atoms with Gasteiger partial charge in [-0.3, -0.25) is 4.90 Å². The Bertz CT molecular complexity index is 414. The molecule has 0 spiro atoms. The third kappa shape index (κ3) is 3.74. The van der Waals surface area contributed by atoms with Crippen LogP contribution < -0.4 is 10.5 Å². The number of hydrogen-bond acceptors (Lipinski definition) is 3. The van der Waals surface area contributed by atoms with Gasteiger partial charge in [-0.15, -0.1) is 0 Å². The molecule has 3 heteroatoms. The van der Waals surface area contributed by atoms with Crippen LogP contribution in [0.25, 0.3) is 0 Å². The topological polar surface area (TPSA) is 38.5 Å². The monoisotopic (exact) mass is 276 g/mol. The summed E-state index contributed by atoms with van der Waals surface area (Å²) in [6, 6.07) is 8.67. The first-order valence-corrected chi connectivity index (χ1v) is 7.64. The molecule has 1 aliphatic heterocycles. The van der Waals surface area contributed by atoms with Crippen molar-refractivity contribution in [1.82, 2.24) is 4.90 Å². The van der Waals surface area contributed by atoms with Crippen molar-refractivity contribution in [3.05, 3.63) is 29.8 Å². The van der Waals surface area contributed by atoms with Gasteiger partial charge >= 0.3 is 0 Å². The molecule has 1 atom stereocenters. The van der Waals surface area contributed by atoms with E-state index in [1.807, 2.05) is 12.1 Å². The SMILES string of the molecule is COc1ccc(C(CN)N2CCCC(C)(C)CC2)cc1. The van der Waals surface area contributed by atoms with Crippen LogP contribution in [0.1, 0.15) is 44.7 Å². The molecule has 0 amide bonds. The summed E-state index contributed by atoms with van der Waals surface area (Å²) in [5.41, 5.74) is 7.82. The molecule has 1 heterocycles. The fraction of sp³-hybridized carbons (Fsp3) is 0.647. The number of ether oxygens (including phenoxy) is 1. The Morgan fingerprint density at radius 1 is 1.20 bits per heavy atom. The van der Waals surface area contributed by atoms with Gasteiger partial charge in [0.15, 0.2) is 0 Å². The van der Waals surface area contributed by atoms with Crippen molar-refractivity contribution in [2.45, 2.75) is 39.2 Å². The van der Waals surface area contributed by atoms with Crippen LogP contribution in [-0.4, -0.2) is 31.6 Å². The maximum absolute atomic E-state index is 6.05. The van der Waals surface area contributed by atoms with Gasteiger partial charge in [0.25, 0.3) is 0 Å². The zero-order chi connectivity index (χ0) is 14.6. The molecule has 0 aromatic heterocycles. The van der Waals surface area contributed by atoms with Crippen LogP contribution in [0, 0.1) is 5.41 Å². The molecule has 1 fully saturated rings. The first kappa shape index (κ1) is 15.3. The Kier molecular flexibility index (Phi) is 5.06. The summed E-state index contributed by atoms with van der Waals surface area (Å²) >= 11 is 0. The average Bonchev–Trinajstić information content (AvgIpc) is 2.62. The van der Waals surface area contributed by atoms with Crippen LogP contribution in [0.3, 0.4) is 0 Å². The normalized spacial score (nSPS) is 21.2. The van der Waals surface area contributed by atoms with Crippen LogP contribution in [0.5, 0.6) is 5.75 Å². The molecule has 0 aliphatic carbocycles. The van der Waals surface area contributed by atoms with Gasteiger partial charge in [-0.1, -0.05) is 26.0 Å². The molecule has 1 aromatic rings. The fourth-order valence-electron chi connectivity index (χ4n) is 3.08. The number of nitrogens with zero attached hydrogens (tertiary/aromatic N) is 1. The maximum Gasteiger partial charge on any atom is 0.118 e. The lowest BCUT2D eigenvalue weighted by Crippen LogP contribution is -2.34. The molecule has 3 nitrogen and oxygen atoms in total. The second-order valence-corrected chi connectivity index (χ2v) is 6.58. The van der Waals surface area contributed by atoms with Crippen LogP contribution in [0.2, 0.25) is 0 Å². The first-order valence-electron chi connectivity index (χ1n) is 7.64. The minimum absolute atomic E-state index is 0.329. The number of methoxy groups -OCH3 is 1. The summed E-state index contributed by atoms with van der Waals surface area (Å²) in [6.07, 6.45) is 3.82. The summed E-state index contributed by atoms with van der Waals surface area (Å²) in [7, 11) is 1.70. The minimum Gasteiger partial charge on any atom is -0.497 e. The van der Waals surface area contributed by atoms with Crippen LogP contribution in [0.15, 0.2) is 24.3 Å². The highest BCUT2D eigenvalue weighted by Crippen LogP contribution is 2.33. The van der Waals surface area contributed by atoms with Gasteiger partial charge in [-0.25, -0.2) is 0 Å². The molecule has 1 aromatic carbocycles. The Morgan fingerprint density at radius 3 is 2.50 bits per heavy atom. The second-order valence-electron chi connectivity index (χ2n) is 6.58. The molecule has 2 rings (SSSR count).